The third kappa shape index (κ3) is 3.29. The number of methoxy groups -OCH3 is 1. The Labute approximate surface area is 146 Å². The van der Waals surface area contributed by atoms with E-state index in [1.807, 2.05) is 0 Å². The zero-order chi connectivity index (χ0) is 18.1. The van der Waals surface area contributed by atoms with Crippen molar-refractivity contribution in [1.29, 1.82) is 0 Å². The van der Waals surface area contributed by atoms with Crippen LogP contribution in [0.1, 0.15) is 24.0 Å². The van der Waals surface area contributed by atoms with E-state index in [1.165, 1.54) is 32.2 Å². The molecule has 0 amide bonds. The summed E-state index contributed by atoms with van der Waals surface area (Å²) in [6, 6.07) is 3.95. The number of hydrogen-bond donors (Lipinski definition) is 1. The lowest BCUT2D eigenvalue weighted by Crippen LogP contribution is -2.46. The van der Waals surface area contributed by atoms with Gasteiger partial charge in [0, 0.05) is 33.9 Å². The molecule has 0 saturated carbocycles. The Kier molecular flexibility index (Phi) is 5.27. The molecule has 1 aromatic carbocycles. The number of benzene rings is 1. The predicted octanol–water partition coefficient (Wildman–Crippen LogP) is 4.35. The standard InChI is InChI=1S/C15H13Cl2F3N2O2/c1-8(11-4-3-10(16)5-12(11)17)14(23,15(18,19)20)9-6-21-13(24-2)22-7-9/h3-8,23H,1-2H3. The first-order valence-corrected chi connectivity index (χ1v) is 7.47. The van der Waals surface area contributed by atoms with E-state index in [2.05, 4.69) is 9.97 Å². The summed E-state index contributed by atoms with van der Waals surface area (Å²) in [6.07, 6.45) is -3.24. The number of aliphatic hydroxyl groups is 1. The molecule has 4 nitrogen and oxygen atoms in total. The molecule has 2 rings (SSSR count). The van der Waals surface area contributed by atoms with Crippen molar-refractivity contribution in [2.24, 2.45) is 0 Å². The molecule has 0 bridgehead atoms. The van der Waals surface area contributed by atoms with Crippen LogP contribution < -0.4 is 4.74 Å². The fourth-order valence-corrected chi connectivity index (χ4v) is 2.93. The van der Waals surface area contributed by atoms with E-state index in [-0.39, 0.29) is 21.6 Å². The van der Waals surface area contributed by atoms with Crippen LogP contribution in [0, 0.1) is 0 Å². The Hall–Kier alpha value is -1.57. The highest BCUT2D eigenvalue weighted by atomic mass is 35.5. The fraction of sp³-hybridized carbons (Fsp3) is 0.333. The molecule has 0 radical (unpaired) electrons. The number of alkyl halides is 3. The van der Waals surface area contributed by atoms with Gasteiger partial charge >= 0.3 is 12.2 Å². The highest BCUT2D eigenvalue weighted by molar-refractivity contribution is 6.35. The normalized spacial score (nSPS) is 15.7. The lowest BCUT2D eigenvalue weighted by Gasteiger charge is -2.36. The summed E-state index contributed by atoms with van der Waals surface area (Å²) in [7, 11) is 1.28. The largest absolute Gasteiger partial charge is 0.467 e. The number of halogens is 5. The molecule has 130 valence electrons. The van der Waals surface area contributed by atoms with E-state index in [4.69, 9.17) is 27.9 Å². The summed E-state index contributed by atoms with van der Waals surface area (Å²) in [4.78, 5) is 7.28. The molecular weight excluding hydrogens is 368 g/mol. The molecule has 0 aliphatic rings. The van der Waals surface area contributed by atoms with Crippen molar-refractivity contribution in [1.82, 2.24) is 9.97 Å². The summed E-state index contributed by atoms with van der Waals surface area (Å²) in [5.74, 6) is -1.43. The molecular formula is C15H13Cl2F3N2O2. The Balaban J connectivity index is 2.58. The first-order chi connectivity index (χ1) is 11.1. The van der Waals surface area contributed by atoms with Crippen molar-refractivity contribution in [3.8, 4) is 6.01 Å². The second kappa shape index (κ2) is 6.74. The van der Waals surface area contributed by atoms with Crippen LogP contribution in [0.3, 0.4) is 0 Å². The number of rotatable bonds is 4. The molecule has 0 fully saturated rings. The smallest absolute Gasteiger partial charge is 0.422 e. The Morgan fingerprint density at radius 1 is 1.17 bits per heavy atom. The van der Waals surface area contributed by atoms with E-state index >= 15 is 0 Å². The van der Waals surface area contributed by atoms with Gasteiger partial charge in [-0.1, -0.05) is 36.2 Å². The van der Waals surface area contributed by atoms with Gasteiger partial charge in [-0.2, -0.15) is 13.2 Å². The molecule has 9 heteroatoms. The predicted molar refractivity (Wildman–Crippen MR) is 83.4 cm³/mol. The van der Waals surface area contributed by atoms with Gasteiger partial charge in [-0.25, -0.2) is 9.97 Å². The molecule has 1 heterocycles. The van der Waals surface area contributed by atoms with Gasteiger partial charge < -0.3 is 9.84 Å². The van der Waals surface area contributed by atoms with Crippen molar-refractivity contribution >= 4 is 23.2 Å². The highest BCUT2D eigenvalue weighted by Gasteiger charge is 2.59. The average Bonchev–Trinajstić information content (AvgIpc) is 2.52. The minimum atomic E-state index is -4.99. The van der Waals surface area contributed by atoms with Crippen LogP contribution in [-0.4, -0.2) is 28.4 Å². The first-order valence-electron chi connectivity index (χ1n) is 6.71. The number of ether oxygens (including phenoxy) is 1. The third-order valence-electron chi connectivity index (χ3n) is 3.74. The highest BCUT2D eigenvalue weighted by Crippen LogP contribution is 2.49. The SMILES string of the molecule is COc1ncc(C(O)(C(C)c2ccc(Cl)cc2Cl)C(F)(F)F)cn1. The Morgan fingerprint density at radius 2 is 1.75 bits per heavy atom. The average molecular weight is 381 g/mol. The quantitative estimate of drug-likeness (QED) is 0.856. The molecule has 1 N–H and O–H groups in total. The number of hydrogen-bond acceptors (Lipinski definition) is 4. The summed E-state index contributed by atoms with van der Waals surface area (Å²) in [5, 5.41) is 10.9. The molecule has 2 aromatic rings. The van der Waals surface area contributed by atoms with Gasteiger partial charge in [0.1, 0.15) is 0 Å². The van der Waals surface area contributed by atoms with E-state index in [0.29, 0.717) is 0 Å². The molecule has 2 unspecified atom stereocenters. The van der Waals surface area contributed by atoms with Crippen LogP contribution in [0.5, 0.6) is 6.01 Å². The first kappa shape index (κ1) is 18.8. The van der Waals surface area contributed by atoms with Crippen molar-refractivity contribution in [2.75, 3.05) is 7.11 Å². The van der Waals surface area contributed by atoms with E-state index < -0.39 is 23.3 Å². The number of aromatic nitrogens is 2. The molecule has 24 heavy (non-hydrogen) atoms. The maximum absolute atomic E-state index is 13.7. The van der Waals surface area contributed by atoms with Crippen LogP contribution in [-0.2, 0) is 5.60 Å². The van der Waals surface area contributed by atoms with Crippen molar-refractivity contribution < 1.29 is 23.0 Å². The number of nitrogens with zero attached hydrogens (tertiary/aromatic N) is 2. The topological polar surface area (TPSA) is 55.2 Å². The second-order valence-corrected chi connectivity index (χ2v) is 5.95. The molecule has 0 saturated heterocycles. The fourth-order valence-electron chi connectivity index (χ4n) is 2.36. The van der Waals surface area contributed by atoms with Crippen molar-refractivity contribution in [3.63, 3.8) is 0 Å². The van der Waals surface area contributed by atoms with Gasteiger partial charge in [0.15, 0.2) is 5.60 Å². The second-order valence-electron chi connectivity index (χ2n) is 5.11. The zero-order valence-corrected chi connectivity index (χ0v) is 14.1. The van der Waals surface area contributed by atoms with Crippen LogP contribution in [0.2, 0.25) is 10.0 Å². The van der Waals surface area contributed by atoms with Crippen LogP contribution in [0.4, 0.5) is 13.2 Å². The van der Waals surface area contributed by atoms with Gasteiger partial charge in [0.25, 0.3) is 0 Å². The van der Waals surface area contributed by atoms with Crippen molar-refractivity contribution in [3.05, 3.63) is 51.8 Å². The maximum atomic E-state index is 13.7. The lowest BCUT2D eigenvalue weighted by molar-refractivity contribution is -0.274. The summed E-state index contributed by atoms with van der Waals surface area (Å²) >= 11 is 11.8. The molecule has 0 aliphatic heterocycles. The van der Waals surface area contributed by atoms with Gasteiger partial charge in [-0.3, -0.25) is 0 Å². The van der Waals surface area contributed by atoms with Crippen LogP contribution in [0.25, 0.3) is 0 Å². The minimum Gasteiger partial charge on any atom is -0.467 e. The Bertz CT molecular complexity index is 726. The zero-order valence-electron chi connectivity index (χ0n) is 12.6. The van der Waals surface area contributed by atoms with Gasteiger partial charge in [-0.15, -0.1) is 0 Å². The van der Waals surface area contributed by atoms with Gasteiger partial charge in [-0.05, 0) is 17.7 Å². The van der Waals surface area contributed by atoms with Crippen LogP contribution >= 0.6 is 23.2 Å². The third-order valence-corrected chi connectivity index (χ3v) is 4.30. The molecule has 2 atom stereocenters. The molecule has 1 aromatic heterocycles. The van der Waals surface area contributed by atoms with Crippen LogP contribution in [0.15, 0.2) is 30.6 Å². The van der Waals surface area contributed by atoms with Crippen molar-refractivity contribution in [2.45, 2.75) is 24.6 Å². The lowest BCUT2D eigenvalue weighted by atomic mass is 9.79. The Morgan fingerprint density at radius 3 is 2.21 bits per heavy atom. The maximum Gasteiger partial charge on any atom is 0.422 e. The monoisotopic (exact) mass is 380 g/mol. The van der Waals surface area contributed by atoms with E-state index in [0.717, 1.165) is 12.4 Å². The summed E-state index contributed by atoms with van der Waals surface area (Å²) < 4.78 is 45.9. The molecule has 0 spiro atoms. The molecule has 0 aliphatic carbocycles. The summed E-state index contributed by atoms with van der Waals surface area (Å²) in [5.41, 5.74) is -3.66. The van der Waals surface area contributed by atoms with Gasteiger partial charge in [0.05, 0.1) is 7.11 Å². The minimum absolute atomic E-state index is 0.0205. The van der Waals surface area contributed by atoms with E-state index in [1.54, 1.807) is 0 Å². The van der Waals surface area contributed by atoms with Gasteiger partial charge in [0.2, 0.25) is 0 Å². The summed E-state index contributed by atoms with van der Waals surface area (Å²) in [6.45, 7) is 1.22. The van der Waals surface area contributed by atoms with E-state index in [9.17, 15) is 18.3 Å².